The molecule has 1 unspecified atom stereocenters. The molecule has 3 aromatic rings. The number of aromatic nitrogens is 1. The summed E-state index contributed by atoms with van der Waals surface area (Å²) in [7, 11) is 1.63. The normalized spacial score (nSPS) is 15.0. The van der Waals surface area contributed by atoms with E-state index in [9.17, 15) is 4.79 Å². The SMILES string of the molecule is COc1ccc(CNC(=O)C2C=C(c3ccncc3)c3cc(Cl)ccc3N2)cc1. The van der Waals surface area contributed by atoms with Crippen molar-refractivity contribution in [1.29, 1.82) is 0 Å². The van der Waals surface area contributed by atoms with Crippen molar-refractivity contribution >= 4 is 28.8 Å². The van der Waals surface area contributed by atoms with Crippen LogP contribution in [-0.4, -0.2) is 24.0 Å². The molecule has 1 aliphatic rings. The van der Waals surface area contributed by atoms with Crippen LogP contribution in [0.15, 0.2) is 73.1 Å². The molecule has 1 aliphatic heterocycles. The van der Waals surface area contributed by atoms with Crippen LogP contribution in [0.5, 0.6) is 5.75 Å². The zero-order valence-corrected chi connectivity index (χ0v) is 16.6. The lowest BCUT2D eigenvalue weighted by Gasteiger charge is -2.26. The molecule has 0 saturated heterocycles. The van der Waals surface area contributed by atoms with Crippen molar-refractivity contribution in [1.82, 2.24) is 10.3 Å². The van der Waals surface area contributed by atoms with Gasteiger partial charge in [0.05, 0.1) is 7.11 Å². The van der Waals surface area contributed by atoms with Crippen LogP contribution in [-0.2, 0) is 11.3 Å². The highest BCUT2D eigenvalue weighted by atomic mass is 35.5. The van der Waals surface area contributed by atoms with E-state index in [2.05, 4.69) is 15.6 Å². The van der Waals surface area contributed by atoms with Crippen molar-refractivity contribution in [2.75, 3.05) is 12.4 Å². The van der Waals surface area contributed by atoms with Crippen molar-refractivity contribution in [2.45, 2.75) is 12.6 Å². The Morgan fingerprint density at radius 3 is 2.62 bits per heavy atom. The highest BCUT2D eigenvalue weighted by Gasteiger charge is 2.25. The molecule has 4 rings (SSSR count). The molecule has 0 aliphatic carbocycles. The maximum atomic E-state index is 12.9. The van der Waals surface area contributed by atoms with Gasteiger partial charge in [0.25, 0.3) is 0 Å². The van der Waals surface area contributed by atoms with Gasteiger partial charge in [-0.2, -0.15) is 0 Å². The van der Waals surface area contributed by atoms with Gasteiger partial charge < -0.3 is 15.4 Å². The molecule has 5 nitrogen and oxygen atoms in total. The lowest BCUT2D eigenvalue weighted by Crippen LogP contribution is -2.39. The number of nitrogens with zero attached hydrogens (tertiary/aromatic N) is 1. The van der Waals surface area contributed by atoms with Gasteiger partial charge in [-0.15, -0.1) is 0 Å². The van der Waals surface area contributed by atoms with E-state index in [0.29, 0.717) is 11.6 Å². The Hall–Kier alpha value is -3.31. The van der Waals surface area contributed by atoms with Crippen molar-refractivity contribution in [3.63, 3.8) is 0 Å². The van der Waals surface area contributed by atoms with Gasteiger partial charge in [0.2, 0.25) is 5.91 Å². The number of carbonyl (C=O) groups excluding carboxylic acids is 1. The van der Waals surface area contributed by atoms with Crippen LogP contribution < -0.4 is 15.4 Å². The van der Waals surface area contributed by atoms with E-state index in [1.807, 2.05) is 60.7 Å². The number of hydrogen-bond donors (Lipinski definition) is 2. The van der Waals surface area contributed by atoms with Crippen LogP contribution in [0.2, 0.25) is 5.02 Å². The molecule has 2 heterocycles. The number of nitrogens with one attached hydrogen (secondary N) is 2. The summed E-state index contributed by atoms with van der Waals surface area (Å²) in [6, 6.07) is 16.6. The molecule has 1 atom stereocenters. The molecule has 29 heavy (non-hydrogen) atoms. The molecule has 0 spiro atoms. The van der Waals surface area contributed by atoms with E-state index in [1.165, 1.54) is 0 Å². The summed E-state index contributed by atoms with van der Waals surface area (Å²) in [5.74, 6) is 0.683. The third-order valence-corrected chi connectivity index (χ3v) is 5.05. The van der Waals surface area contributed by atoms with Crippen molar-refractivity contribution < 1.29 is 9.53 Å². The number of anilines is 1. The van der Waals surface area contributed by atoms with Gasteiger partial charge in [0, 0.05) is 35.2 Å². The minimum atomic E-state index is -0.495. The number of fused-ring (bicyclic) bond motifs is 1. The van der Waals surface area contributed by atoms with E-state index >= 15 is 0 Å². The van der Waals surface area contributed by atoms with Gasteiger partial charge in [-0.25, -0.2) is 0 Å². The first-order valence-electron chi connectivity index (χ1n) is 9.23. The standard InChI is InChI=1S/C23H20ClN3O2/c1-29-18-5-2-15(3-6-18)14-26-23(28)22-13-19(16-8-10-25-11-9-16)20-12-17(24)4-7-21(20)27-22/h2-13,22,27H,14H2,1H3,(H,26,28). The molecule has 2 aromatic carbocycles. The highest BCUT2D eigenvalue weighted by molar-refractivity contribution is 6.31. The Kier molecular flexibility index (Phi) is 5.49. The lowest BCUT2D eigenvalue weighted by molar-refractivity contribution is -0.121. The second kappa shape index (κ2) is 8.37. The molecular formula is C23H20ClN3O2. The maximum absolute atomic E-state index is 12.9. The van der Waals surface area contributed by atoms with Crippen LogP contribution in [0, 0.1) is 0 Å². The second-order valence-electron chi connectivity index (χ2n) is 6.69. The molecule has 1 aromatic heterocycles. The number of ether oxygens (including phenoxy) is 1. The van der Waals surface area contributed by atoms with E-state index in [4.69, 9.17) is 16.3 Å². The van der Waals surface area contributed by atoms with Gasteiger partial charge in [0.1, 0.15) is 11.8 Å². The molecular weight excluding hydrogens is 386 g/mol. The van der Waals surface area contributed by atoms with Crippen molar-refractivity contribution in [3.8, 4) is 5.75 Å². The predicted octanol–water partition coefficient (Wildman–Crippen LogP) is 4.29. The van der Waals surface area contributed by atoms with Crippen molar-refractivity contribution in [3.05, 3.63) is 94.8 Å². The predicted molar refractivity (Wildman–Crippen MR) is 115 cm³/mol. The Morgan fingerprint density at radius 1 is 1.14 bits per heavy atom. The molecule has 1 amide bonds. The first kappa shape index (κ1) is 19.0. The summed E-state index contributed by atoms with van der Waals surface area (Å²) < 4.78 is 5.17. The Morgan fingerprint density at radius 2 is 1.90 bits per heavy atom. The Labute approximate surface area is 174 Å². The summed E-state index contributed by atoms with van der Waals surface area (Å²) in [4.78, 5) is 17.0. The third-order valence-electron chi connectivity index (χ3n) is 4.82. The first-order chi connectivity index (χ1) is 14.1. The van der Waals surface area contributed by atoms with Crippen LogP contribution in [0.1, 0.15) is 16.7 Å². The molecule has 0 radical (unpaired) electrons. The number of methoxy groups -OCH3 is 1. The lowest BCUT2D eigenvalue weighted by atomic mass is 9.91. The molecule has 146 valence electrons. The molecule has 0 saturated carbocycles. The van der Waals surface area contributed by atoms with Crippen LogP contribution in [0.4, 0.5) is 5.69 Å². The Bertz CT molecular complexity index is 1050. The number of halogens is 1. The van der Waals surface area contributed by atoms with E-state index in [1.54, 1.807) is 19.5 Å². The molecule has 0 fully saturated rings. The van der Waals surface area contributed by atoms with E-state index in [0.717, 1.165) is 33.7 Å². The minimum absolute atomic E-state index is 0.104. The van der Waals surface area contributed by atoms with Gasteiger partial charge >= 0.3 is 0 Å². The van der Waals surface area contributed by atoms with E-state index < -0.39 is 6.04 Å². The fourth-order valence-electron chi connectivity index (χ4n) is 3.30. The maximum Gasteiger partial charge on any atom is 0.246 e. The largest absolute Gasteiger partial charge is 0.497 e. The number of benzene rings is 2. The minimum Gasteiger partial charge on any atom is -0.497 e. The number of hydrogen-bond acceptors (Lipinski definition) is 4. The van der Waals surface area contributed by atoms with Crippen molar-refractivity contribution in [2.24, 2.45) is 0 Å². The zero-order valence-electron chi connectivity index (χ0n) is 15.9. The number of pyridine rings is 1. The molecule has 0 bridgehead atoms. The molecule has 2 N–H and O–H groups in total. The fraction of sp³-hybridized carbons (Fsp3) is 0.130. The van der Waals surface area contributed by atoms with E-state index in [-0.39, 0.29) is 5.91 Å². The summed E-state index contributed by atoms with van der Waals surface area (Å²) in [6.45, 7) is 0.437. The summed E-state index contributed by atoms with van der Waals surface area (Å²) in [5, 5.41) is 6.94. The van der Waals surface area contributed by atoms with Crippen LogP contribution in [0.25, 0.3) is 5.57 Å². The topological polar surface area (TPSA) is 63.2 Å². The van der Waals surface area contributed by atoms with Gasteiger partial charge in [-0.1, -0.05) is 23.7 Å². The second-order valence-corrected chi connectivity index (χ2v) is 7.13. The van der Waals surface area contributed by atoms with Gasteiger partial charge in [-0.3, -0.25) is 9.78 Å². The fourth-order valence-corrected chi connectivity index (χ4v) is 3.47. The number of amides is 1. The number of rotatable bonds is 5. The highest BCUT2D eigenvalue weighted by Crippen LogP contribution is 2.35. The van der Waals surface area contributed by atoms with Gasteiger partial charge in [0.15, 0.2) is 0 Å². The number of carbonyl (C=O) groups is 1. The average Bonchev–Trinajstić information content (AvgIpc) is 2.77. The van der Waals surface area contributed by atoms with Crippen LogP contribution >= 0.6 is 11.6 Å². The smallest absolute Gasteiger partial charge is 0.246 e. The zero-order chi connectivity index (χ0) is 20.2. The van der Waals surface area contributed by atoms with Gasteiger partial charge in [-0.05, 0) is 65.2 Å². The first-order valence-corrected chi connectivity index (χ1v) is 9.61. The quantitative estimate of drug-likeness (QED) is 0.664. The summed E-state index contributed by atoms with van der Waals surface area (Å²) in [5.41, 5.74) is 4.77. The monoisotopic (exact) mass is 405 g/mol. The Balaban J connectivity index is 1.57. The summed E-state index contributed by atoms with van der Waals surface area (Å²) in [6.07, 6.45) is 5.40. The van der Waals surface area contributed by atoms with Crippen LogP contribution in [0.3, 0.4) is 0 Å². The summed E-state index contributed by atoms with van der Waals surface area (Å²) >= 11 is 6.21. The average molecular weight is 406 g/mol. The molecule has 6 heteroatoms. The third kappa shape index (κ3) is 4.25.